The van der Waals surface area contributed by atoms with Gasteiger partial charge in [0, 0.05) is 10.9 Å². The van der Waals surface area contributed by atoms with Gasteiger partial charge in [-0.3, -0.25) is 0 Å². The van der Waals surface area contributed by atoms with Gasteiger partial charge in [-0.1, -0.05) is 20.8 Å². The Bertz CT molecular complexity index is 604. The number of hydrogen-bond donors (Lipinski definition) is 1. The van der Waals surface area contributed by atoms with Crippen LogP contribution in [-0.2, 0) is 13.0 Å². The van der Waals surface area contributed by atoms with E-state index in [1.54, 1.807) is 7.11 Å². The highest BCUT2D eigenvalue weighted by atomic mass is 79.9. The third-order valence-electron chi connectivity index (χ3n) is 3.46. The first-order chi connectivity index (χ1) is 10.1. The number of hydrogen-bond acceptors (Lipinski definition) is 3. The number of fused-ring (bicyclic) bond motifs is 1. The zero-order chi connectivity index (χ0) is 15.4. The second kappa shape index (κ2) is 7.32. The van der Waals surface area contributed by atoms with Crippen LogP contribution in [0.1, 0.15) is 38.5 Å². The molecule has 0 aliphatic carbocycles. The van der Waals surface area contributed by atoms with Gasteiger partial charge in [0.05, 0.1) is 18.1 Å². The molecule has 4 heteroatoms. The van der Waals surface area contributed by atoms with Crippen LogP contribution in [-0.4, -0.2) is 13.7 Å². The normalized spacial score (nSPS) is 11.5. The Morgan fingerprint density at radius 2 is 2.10 bits per heavy atom. The van der Waals surface area contributed by atoms with Crippen molar-refractivity contribution in [3.05, 3.63) is 27.9 Å². The molecule has 0 aliphatic heterocycles. The van der Waals surface area contributed by atoms with Crippen molar-refractivity contribution in [2.45, 2.75) is 40.2 Å². The fraction of sp³-hybridized carbons (Fsp3) is 0.529. The molecule has 3 nitrogen and oxygen atoms in total. The Balaban J connectivity index is 2.48. The summed E-state index contributed by atoms with van der Waals surface area (Å²) >= 11 is 3.59. The molecule has 1 heterocycles. The van der Waals surface area contributed by atoms with Gasteiger partial charge in [-0.2, -0.15) is 0 Å². The van der Waals surface area contributed by atoms with Gasteiger partial charge >= 0.3 is 0 Å². The van der Waals surface area contributed by atoms with Crippen molar-refractivity contribution in [1.29, 1.82) is 0 Å². The van der Waals surface area contributed by atoms with Crippen molar-refractivity contribution >= 4 is 26.9 Å². The molecule has 0 atom stereocenters. The third-order valence-corrected chi connectivity index (χ3v) is 4.05. The summed E-state index contributed by atoms with van der Waals surface area (Å²) in [7, 11) is 1.69. The average Bonchev–Trinajstić information content (AvgIpc) is 2.77. The first kappa shape index (κ1) is 16.4. The lowest BCUT2D eigenvalue weighted by atomic mass is 9.99. The summed E-state index contributed by atoms with van der Waals surface area (Å²) in [6.45, 7) is 8.42. The van der Waals surface area contributed by atoms with E-state index in [9.17, 15) is 0 Å². The van der Waals surface area contributed by atoms with Crippen LogP contribution in [0.5, 0.6) is 5.75 Å². The minimum atomic E-state index is 0.584. The van der Waals surface area contributed by atoms with Crippen LogP contribution >= 0.6 is 15.9 Å². The van der Waals surface area contributed by atoms with Crippen molar-refractivity contribution in [2.75, 3.05) is 13.7 Å². The first-order valence-electron chi connectivity index (χ1n) is 7.55. The molecule has 2 aromatic rings. The molecule has 1 aromatic heterocycles. The van der Waals surface area contributed by atoms with Gasteiger partial charge in [-0.25, -0.2) is 0 Å². The maximum Gasteiger partial charge on any atom is 0.149 e. The Morgan fingerprint density at radius 3 is 2.71 bits per heavy atom. The number of benzene rings is 1. The maximum atomic E-state index is 6.11. The van der Waals surface area contributed by atoms with Crippen molar-refractivity contribution in [3.8, 4) is 5.75 Å². The van der Waals surface area contributed by atoms with Gasteiger partial charge in [0.2, 0.25) is 0 Å². The van der Waals surface area contributed by atoms with Crippen LogP contribution in [0.3, 0.4) is 0 Å². The first-order valence-corrected chi connectivity index (χ1v) is 8.34. The average molecular weight is 354 g/mol. The number of halogens is 1. The zero-order valence-electron chi connectivity index (χ0n) is 13.3. The molecule has 2 rings (SSSR count). The Kier molecular flexibility index (Phi) is 5.71. The Hall–Kier alpha value is -1.00. The monoisotopic (exact) mass is 353 g/mol. The van der Waals surface area contributed by atoms with Gasteiger partial charge in [0.15, 0.2) is 0 Å². The van der Waals surface area contributed by atoms with Crippen molar-refractivity contribution in [1.82, 2.24) is 5.32 Å². The third kappa shape index (κ3) is 3.80. The van der Waals surface area contributed by atoms with E-state index in [0.717, 1.165) is 52.9 Å². The van der Waals surface area contributed by atoms with Crippen LogP contribution in [0.15, 0.2) is 21.0 Å². The van der Waals surface area contributed by atoms with E-state index in [-0.39, 0.29) is 0 Å². The van der Waals surface area contributed by atoms with E-state index >= 15 is 0 Å². The quantitative estimate of drug-likeness (QED) is 0.718. The standard InChI is InChI=1S/C17H24BrNO2/c1-5-6-19-10-16-13(7-11(2)3)14-8-12(20-4)9-15(18)17(14)21-16/h8-9,11,19H,5-7,10H2,1-4H3. The van der Waals surface area contributed by atoms with Crippen LogP contribution in [0.4, 0.5) is 0 Å². The predicted octanol–water partition coefficient (Wildman–Crippen LogP) is 4.90. The number of methoxy groups -OCH3 is 1. The fourth-order valence-corrected chi connectivity index (χ4v) is 3.02. The highest BCUT2D eigenvalue weighted by molar-refractivity contribution is 9.10. The molecule has 1 aromatic carbocycles. The fourth-order valence-electron chi connectivity index (χ4n) is 2.50. The van der Waals surface area contributed by atoms with E-state index in [0.29, 0.717) is 5.92 Å². The molecule has 0 bridgehead atoms. The summed E-state index contributed by atoms with van der Waals surface area (Å²) in [6, 6.07) is 4.03. The van der Waals surface area contributed by atoms with Crippen LogP contribution in [0.25, 0.3) is 11.0 Å². The minimum Gasteiger partial charge on any atom is -0.497 e. The minimum absolute atomic E-state index is 0.584. The molecule has 0 amide bonds. The molecular weight excluding hydrogens is 330 g/mol. The summed E-state index contributed by atoms with van der Waals surface area (Å²) in [5.74, 6) is 2.48. The van der Waals surface area contributed by atoms with Crippen molar-refractivity contribution in [3.63, 3.8) is 0 Å². The number of furan rings is 1. The van der Waals surface area contributed by atoms with Gasteiger partial charge in [0.25, 0.3) is 0 Å². The van der Waals surface area contributed by atoms with Crippen molar-refractivity contribution in [2.24, 2.45) is 5.92 Å². The Morgan fingerprint density at radius 1 is 1.33 bits per heavy atom. The van der Waals surface area contributed by atoms with Crippen LogP contribution in [0, 0.1) is 5.92 Å². The smallest absolute Gasteiger partial charge is 0.149 e. The summed E-state index contributed by atoms with van der Waals surface area (Å²) in [4.78, 5) is 0. The second-order valence-corrected chi connectivity index (χ2v) is 6.62. The largest absolute Gasteiger partial charge is 0.497 e. The highest BCUT2D eigenvalue weighted by Gasteiger charge is 2.18. The molecule has 0 aliphatic rings. The molecular formula is C17H24BrNO2. The van der Waals surface area contributed by atoms with Crippen molar-refractivity contribution < 1.29 is 9.15 Å². The number of nitrogens with one attached hydrogen (secondary N) is 1. The van der Waals surface area contributed by atoms with Gasteiger partial charge < -0.3 is 14.5 Å². The topological polar surface area (TPSA) is 34.4 Å². The lowest BCUT2D eigenvalue weighted by Gasteiger charge is -2.07. The predicted molar refractivity (Wildman–Crippen MR) is 91.0 cm³/mol. The molecule has 0 unspecified atom stereocenters. The summed E-state index contributed by atoms with van der Waals surface area (Å²) in [6.07, 6.45) is 2.13. The molecule has 0 saturated heterocycles. The van der Waals surface area contributed by atoms with E-state index in [1.807, 2.05) is 6.07 Å². The van der Waals surface area contributed by atoms with E-state index < -0.39 is 0 Å². The zero-order valence-corrected chi connectivity index (χ0v) is 14.8. The summed E-state index contributed by atoms with van der Waals surface area (Å²) in [5.41, 5.74) is 2.21. The molecule has 0 saturated carbocycles. The summed E-state index contributed by atoms with van der Waals surface area (Å²) in [5, 5.41) is 4.59. The van der Waals surface area contributed by atoms with Gasteiger partial charge in [0.1, 0.15) is 17.1 Å². The van der Waals surface area contributed by atoms with E-state index in [4.69, 9.17) is 9.15 Å². The number of rotatable bonds is 7. The SMILES string of the molecule is CCCNCc1oc2c(Br)cc(OC)cc2c1CC(C)C. The van der Waals surface area contributed by atoms with Crippen LogP contribution in [0.2, 0.25) is 0 Å². The Labute approximate surface area is 135 Å². The van der Waals surface area contributed by atoms with Gasteiger partial charge in [-0.15, -0.1) is 0 Å². The highest BCUT2D eigenvalue weighted by Crippen LogP contribution is 2.36. The molecule has 0 fully saturated rings. The lowest BCUT2D eigenvalue weighted by molar-refractivity contribution is 0.415. The molecule has 21 heavy (non-hydrogen) atoms. The van der Waals surface area contributed by atoms with E-state index in [1.165, 1.54) is 5.56 Å². The maximum absolute atomic E-state index is 6.11. The molecule has 0 spiro atoms. The number of ether oxygens (including phenoxy) is 1. The van der Waals surface area contributed by atoms with E-state index in [2.05, 4.69) is 48.1 Å². The molecule has 1 N–H and O–H groups in total. The molecule has 116 valence electrons. The lowest BCUT2D eigenvalue weighted by Crippen LogP contribution is -2.14. The second-order valence-electron chi connectivity index (χ2n) is 5.76. The summed E-state index contributed by atoms with van der Waals surface area (Å²) < 4.78 is 12.4. The molecule has 0 radical (unpaired) electrons. The van der Waals surface area contributed by atoms with Gasteiger partial charge in [-0.05, 0) is 53.4 Å². The van der Waals surface area contributed by atoms with Crippen LogP contribution < -0.4 is 10.1 Å².